The van der Waals surface area contributed by atoms with Gasteiger partial charge >= 0.3 is 0 Å². The molecule has 2 aromatic carbocycles. The molecule has 0 aromatic heterocycles. The van der Waals surface area contributed by atoms with Gasteiger partial charge in [-0.2, -0.15) is 0 Å². The first-order valence-corrected chi connectivity index (χ1v) is 7.44. The van der Waals surface area contributed by atoms with E-state index in [-0.39, 0.29) is 5.91 Å². The number of amides is 1. The van der Waals surface area contributed by atoms with Crippen LogP contribution in [0.4, 0.5) is 11.4 Å². The second-order valence-electron chi connectivity index (χ2n) is 5.03. The number of anilines is 2. The van der Waals surface area contributed by atoms with E-state index < -0.39 is 0 Å². The number of hydrogen-bond donors (Lipinski definition) is 1. The van der Waals surface area contributed by atoms with Gasteiger partial charge in [0.1, 0.15) is 0 Å². The van der Waals surface area contributed by atoms with Gasteiger partial charge in [-0.15, -0.1) is 0 Å². The molecule has 0 atom stereocenters. The summed E-state index contributed by atoms with van der Waals surface area (Å²) < 4.78 is 10.6. The van der Waals surface area contributed by atoms with E-state index in [0.717, 1.165) is 17.9 Å². The summed E-state index contributed by atoms with van der Waals surface area (Å²) in [4.78, 5) is 14.7. The molecular weight excluding hydrogens is 292 g/mol. The number of benzene rings is 2. The van der Waals surface area contributed by atoms with Gasteiger partial charge in [0.15, 0.2) is 11.5 Å². The highest BCUT2D eigenvalue weighted by Crippen LogP contribution is 2.32. The molecule has 0 unspecified atom stereocenters. The Labute approximate surface area is 136 Å². The number of methoxy groups -OCH3 is 2. The number of carbonyl (C=O) groups excluding carboxylic acids is 1. The number of nitrogens with one attached hydrogen (secondary N) is 1. The molecule has 0 bridgehead atoms. The molecule has 0 fully saturated rings. The van der Waals surface area contributed by atoms with E-state index in [9.17, 15) is 4.79 Å². The van der Waals surface area contributed by atoms with Crippen LogP contribution in [0.15, 0.2) is 42.5 Å². The lowest BCUT2D eigenvalue weighted by Crippen LogP contribution is -2.20. The van der Waals surface area contributed by atoms with Gasteiger partial charge in [-0.1, -0.05) is 18.2 Å². The molecule has 0 heterocycles. The van der Waals surface area contributed by atoms with E-state index >= 15 is 0 Å². The molecule has 2 aromatic rings. The van der Waals surface area contributed by atoms with Crippen molar-refractivity contribution in [3.05, 3.63) is 48.0 Å². The Kier molecular flexibility index (Phi) is 5.46. The van der Waals surface area contributed by atoms with E-state index in [1.807, 2.05) is 31.3 Å². The SMILES string of the molecule is CCN(C)c1ccccc1NC(=O)c1cccc(OC)c1OC. The van der Waals surface area contributed by atoms with Gasteiger partial charge in [0.2, 0.25) is 0 Å². The van der Waals surface area contributed by atoms with Crippen molar-refractivity contribution in [1.29, 1.82) is 0 Å². The summed E-state index contributed by atoms with van der Waals surface area (Å²) in [7, 11) is 5.05. The smallest absolute Gasteiger partial charge is 0.259 e. The molecule has 0 aliphatic rings. The van der Waals surface area contributed by atoms with E-state index in [4.69, 9.17) is 9.47 Å². The zero-order valence-electron chi connectivity index (χ0n) is 13.9. The molecule has 1 N–H and O–H groups in total. The van der Waals surface area contributed by atoms with Crippen LogP contribution in [0.1, 0.15) is 17.3 Å². The molecule has 122 valence electrons. The van der Waals surface area contributed by atoms with Crippen molar-refractivity contribution in [2.75, 3.05) is 38.0 Å². The highest BCUT2D eigenvalue weighted by molar-refractivity contribution is 6.08. The van der Waals surface area contributed by atoms with Crippen molar-refractivity contribution < 1.29 is 14.3 Å². The van der Waals surface area contributed by atoms with Crippen LogP contribution in [0, 0.1) is 0 Å². The van der Waals surface area contributed by atoms with Gasteiger partial charge in [0, 0.05) is 13.6 Å². The van der Waals surface area contributed by atoms with E-state index in [1.165, 1.54) is 7.11 Å². The highest BCUT2D eigenvalue weighted by atomic mass is 16.5. The van der Waals surface area contributed by atoms with Crippen molar-refractivity contribution in [1.82, 2.24) is 0 Å². The van der Waals surface area contributed by atoms with Crippen LogP contribution < -0.4 is 19.7 Å². The van der Waals surface area contributed by atoms with Crippen LogP contribution >= 0.6 is 0 Å². The van der Waals surface area contributed by atoms with Crippen molar-refractivity contribution in [3.8, 4) is 11.5 Å². The Morgan fingerprint density at radius 3 is 2.48 bits per heavy atom. The van der Waals surface area contributed by atoms with Crippen molar-refractivity contribution >= 4 is 17.3 Å². The lowest BCUT2D eigenvalue weighted by Gasteiger charge is -2.21. The van der Waals surface area contributed by atoms with E-state index in [0.29, 0.717) is 17.1 Å². The molecule has 2 rings (SSSR count). The number of para-hydroxylation sites is 3. The fourth-order valence-corrected chi connectivity index (χ4v) is 2.34. The molecule has 0 radical (unpaired) electrons. The van der Waals surface area contributed by atoms with Gasteiger partial charge in [-0.3, -0.25) is 4.79 Å². The highest BCUT2D eigenvalue weighted by Gasteiger charge is 2.17. The van der Waals surface area contributed by atoms with E-state index in [2.05, 4.69) is 17.1 Å². The Bertz CT molecular complexity index is 686. The predicted octanol–water partition coefficient (Wildman–Crippen LogP) is 3.41. The molecule has 0 spiro atoms. The Hall–Kier alpha value is -2.69. The summed E-state index contributed by atoms with van der Waals surface area (Å²) in [5, 5.41) is 2.95. The third-order valence-corrected chi connectivity index (χ3v) is 3.69. The Morgan fingerprint density at radius 1 is 1.09 bits per heavy atom. The molecule has 0 aliphatic carbocycles. The van der Waals surface area contributed by atoms with Crippen LogP contribution in [0.5, 0.6) is 11.5 Å². The predicted molar refractivity (Wildman–Crippen MR) is 92.9 cm³/mol. The fourth-order valence-electron chi connectivity index (χ4n) is 2.34. The maximum absolute atomic E-state index is 12.7. The van der Waals surface area contributed by atoms with Gasteiger partial charge in [-0.05, 0) is 31.2 Å². The maximum atomic E-state index is 12.7. The van der Waals surface area contributed by atoms with Crippen LogP contribution in [-0.4, -0.2) is 33.7 Å². The minimum atomic E-state index is -0.238. The molecule has 0 saturated heterocycles. The third kappa shape index (κ3) is 3.56. The van der Waals surface area contributed by atoms with Crippen LogP contribution in [-0.2, 0) is 0 Å². The first-order chi connectivity index (χ1) is 11.1. The van der Waals surface area contributed by atoms with Gasteiger partial charge < -0.3 is 19.7 Å². The fraction of sp³-hybridized carbons (Fsp3) is 0.278. The molecular formula is C18H22N2O3. The minimum Gasteiger partial charge on any atom is -0.493 e. The van der Waals surface area contributed by atoms with Crippen molar-refractivity contribution in [2.45, 2.75) is 6.92 Å². The van der Waals surface area contributed by atoms with Crippen LogP contribution in [0.25, 0.3) is 0 Å². The normalized spacial score (nSPS) is 10.1. The number of carbonyl (C=O) groups is 1. The standard InChI is InChI=1S/C18H22N2O3/c1-5-20(2)15-11-7-6-10-14(15)19-18(21)13-9-8-12-16(22-3)17(13)23-4/h6-12H,5H2,1-4H3,(H,19,21). The molecule has 1 amide bonds. The summed E-state index contributed by atoms with van der Waals surface area (Å²) in [5.74, 6) is 0.714. The average Bonchev–Trinajstić information content (AvgIpc) is 2.60. The second kappa shape index (κ2) is 7.54. The van der Waals surface area contributed by atoms with Crippen molar-refractivity contribution in [3.63, 3.8) is 0 Å². The third-order valence-electron chi connectivity index (χ3n) is 3.69. The lowest BCUT2D eigenvalue weighted by molar-refractivity contribution is 0.102. The summed E-state index contributed by atoms with van der Waals surface area (Å²) in [6.45, 7) is 2.90. The lowest BCUT2D eigenvalue weighted by atomic mass is 10.1. The molecule has 5 nitrogen and oxygen atoms in total. The molecule has 5 heteroatoms. The quantitative estimate of drug-likeness (QED) is 0.888. The maximum Gasteiger partial charge on any atom is 0.259 e. The van der Waals surface area contributed by atoms with Gasteiger partial charge in [0.05, 0.1) is 31.2 Å². The Balaban J connectivity index is 2.34. The number of ether oxygens (including phenoxy) is 2. The summed E-state index contributed by atoms with van der Waals surface area (Å²) in [6, 6.07) is 12.9. The van der Waals surface area contributed by atoms with Crippen LogP contribution in [0.2, 0.25) is 0 Å². The van der Waals surface area contributed by atoms with Gasteiger partial charge in [-0.25, -0.2) is 0 Å². The first-order valence-electron chi connectivity index (χ1n) is 7.44. The largest absolute Gasteiger partial charge is 0.493 e. The monoisotopic (exact) mass is 314 g/mol. The van der Waals surface area contributed by atoms with Gasteiger partial charge in [0.25, 0.3) is 5.91 Å². The second-order valence-corrected chi connectivity index (χ2v) is 5.03. The van der Waals surface area contributed by atoms with E-state index in [1.54, 1.807) is 25.3 Å². The number of hydrogen-bond acceptors (Lipinski definition) is 4. The topological polar surface area (TPSA) is 50.8 Å². The summed E-state index contributed by atoms with van der Waals surface area (Å²) in [6.07, 6.45) is 0. The number of nitrogens with zero attached hydrogens (tertiary/aromatic N) is 1. The Morgan fingerprint density at radius 2 is 1.83 bits per heavy atom. The molecule has 0 aliphatic heterocycles. The van der Waals surface area contributed by atoms with Crippen molar-refractivity contribution in [2.24, 2.45) is 0 Å². The zero-order valence-corrected chi connectivity index (χ0v) is 13.9. The summed E-state index contributed by atoms with van der Waals surface area (Å²) >= 11 is 0. The minimum absolute atomic E-state index is 0.238. The van der Waals surface area contributed by atoms with Crippen LogP contribution in [0.3, 0.4) is 0 Å². The number of rotatable bonds is 6. The average molecular weight is 314 g/mol. The first kappa shape index (κ1) is 16.7. The molecule has 23 heavy (non-hydrogen) atoms. The molecule has 0 saturated carbocycles. The zero-order chi connectivity index (χ0) is 16.8. The summed E-state index contributed by atoms with van der Waals surface area (Å²) in [5.41, 5.74) is 2.15.